The predicted molar refractivity (Wildman–Crippen MR) is 63.4 cm³/mol. The average molecular weight is 390 g/mol. The summed E-state index contributed by atoms with van der Waals surface area (Å²) in [6.45, 7) is -2.25. The Labute approximate surface area is 133 Å². The van der Waals surface area contributed by atoms with Crippen LogP contribution in [0.1, 0.15) is 0 Å². The molecule has 1 radical (unpaired) electrons. The first-order chi connectivity index (χ1) is 9.20. The van der Waals surface area contributed by atoms with Gasteiger partial charge in [-0.15, -0.1) is 0 Å². The molecule has 0 aromatic carbocycles. The van der Waals surface area contributed by atoms with Crippen molar-refractivity contribution in [3.63, 3.8) is 0 Å². The monoisotopic (exact) mass is 389 g/mol. The Balaban J connectivity index is 0. The molecule has 0 saturated heterocycles. The van der Waals surface area contributed by atoms with Crippen LogP contribution in [0.2, 0.25) is 0 Å². The number of hydrogen-bond acceptors (Lipinski definition) is 6. The third-order valence-corrected chi connectivity index (χ3v) is 2.17. The number of aliphatic carboxylic acids is 4. The summed E-state index contributed by atoms with van der Waals surface area (Å²) >= 11 is 0. The van der Waals surface area contributed by atoms with Gasteiger partial charge >= 0.3 is 23.9 Å². The van der Waals surface area contributed by atoms with Gasteiger partial charge in [-0.2, -0.15) is 0 Å². The average Bonchev–Trinajstić information content (AvgIpc) is 2.22. The number of nitrogens with zero attached hydrogens (tertiary/aromatic N) is 2. The summed E-state index contributed by atoms with van der Waals surface area (Å²) in [4.78, 5) is 44.4. The maximum absolute atomic E-state index is 10.6. The first kappa shape index (κ1) is 21.7. The molecule has 0 heterocycles. The minimum absolute atomic E-state index is 0. The van der Waals surface area contributed by atoms with Gasteiger partial charge in [0, 0.05) is 33.2 Å². The van der Waals surface area contributed by atoms with Crippen molar-refractivity contribution in [1.29, 1.82) is 0 Å². The molecule has 21 heavy (non-hydrogen) atoms. The van der Waals surface area contributed by atoms with Crippen LogP contribution < -0.4 is 0 Å². The van der Waals surface area contributed by atoms with Gasteiger partial charge in [-0.25, -0.2) is 0 Å². The minimum Gasteiger partial charge on any atom is -0.480 e. The molecule has 0 aliphatic heterocycles. The number of hydrogen-bond donors (Lipinski definition) is 4. The second kappa shape index (κ2) is 11.1. The Hall–Kier alpha value is -1.55. The molecule has 0 bridgehead atoms. The molecule has 121 valence electrons. The van der Waals surface area contributed by atoms with E-state index in [9.17, 15) is 19.2 Å². The zero-order valence-electron chi connectivity index (χ0n) is 10.9. The molecule has 0 spiro atoms. The van der Waals surface area contributed by atoms with Crippen LogP contribution in [0.3, 0.4) is 0 Å². The summed E-state index contributed by atoms with van der Waals surface area (Å²) in [6, 6.07) is 0. The Morgan fingerprint density at radius 1 is 0.571 bits per heavy atom. The third kappa shape index (κ3) is 13.2. The van der Waals surface area contributed by atoms with Gasteiger partial charge in [0.2, 0.25) is 0 Å². The van der Waals surface area contributed by atoms with E-state index in [4.69, 9.17) is 20.4 Å². The van der Waals surface area contributed by atoms with Crippen molar-refractivity contribution in [2.45, 2.75) is 0 Å². The van der Waals surface area contributed by atoms with E-state index in [-0.39, 0.29) is 33.2 Å². The van der Waals surface area contributed by atoms with Crippen molar-refractivity contribution in [3.8, 4) is 0 Å². The quantitative estimate of drug-likeness (QED) is 0.309. The van der Waals surface area contributed by atoms with E-state index < -0.39 is 50.1 Å². The van der Waals surface area contributed by atoms with Crippen molar-refractivity contribution in [2.75, 3.05) is 39.3 Å². The van der Waals surface area contributed by atoms with Crippen LogP contribution in [-0.4, -0.2) is 93.4 Å². The summed E-state index contributed by atoms with van der Waals surface area (Å²) in [5.74, 6) is -4.91. The van der Waals surface area contributed by atoms with E-state index in [1.165, 1.54) is 0 Å². The molecule has 0 rings (SSSR count). The molecule has 0 aromatic heterocycles. The van der Waals surface area contributed by atoms with Crippen molar-refractivity contribution in [2.24, 2.45) is 0 Å². The van der Waals surface area contributed by atoms with Crippen LogP contribution in [-0.2, 0) is 39.3 Å². The molecule has 0 unspecified atom stereocenters. The Morgan fingerprint density at radius 3 is 0.905 bits per heavy atom. The molecular weight excluding hydrogens is 374 g/mol. The summed E-state index contributed by atoms with van der Waals surface area (Å²) < 4.78 is 0. The molecule has 4 N–H and O–H groups in total. The largest absolute Gasteiger partial charge is 0.480 e. The third-order valence-electron chi connectivity index (χ3n) is 2.17. The molecule has 0 amide bonds. The van der Waals surface area contributed by atoms with Crippen molar-refractivity contribution in [3.05, 3.63) is 0 Å². The fourth-order valence-electron chi connectivity index (χ4n) is 1.48. The fourth-order valence-corrected chi connectivity index (χ4v) is 1.48. The first-order valence-electron chi connectivity index (χ1n) is 5.52. The Kier molecular flexibility index (Phi) is 11.5. The number of rotatable bonds is 11. The van der Waals surface area contributed by atoms with Crippen LogP contribution in [0.4, 0.5) is 0 Å². The number of carbonyl (C=O) groups is 4. The normalized spacial score (nSPS) is 10.2. The smallest absolute Gasteiger partial charge is 0.317 e. The summed E-state index contributed by atoms with van der Waals surface area (Å²) in [5, 5.41) is 34.5. The van der Waals surface area contributed by atoms with Crippen LogP contribution in [0.5, 0.6) is 0 Å². The van der Waals surface area contributed by atoms with E-state index in [0.717, 1.165) is 9.80 Å². The SMILES string of the molecule is O=C(O)CN(CCN(CC(=O)O)CC(=O)O)CC(=O)O.[Tc]. The molecule has 11 heteroatoms. The zero-order chi connectivity index (χ0) is 15.7. The number of carboxylic acids is 4. The Morgan fingerprint density at radius 2 is 0.762 bits per heavy atom. The van der Waals surface area contributed by atoms with Gasteiger partial charge in [0.15, 0.2) is 0 Å². The van der Waals surface area contributed by atoms with Gasteiger partial charge in [-0.05, 0) is 0 Å². The minimum atomic E-state index is -1.23. The first-order valence-corrected chi connectivity index (χ1v) is 5.52. The van der Waals surface area contributed by atoms with Crippen molar-refractivity contribution < 1.29 is 59.7 Å². The van der Waals surface area contributed by atoms with Crippen molar-refractivity contribution >= 4 is 23.9 Å². The van der Waals surface area contributed by atoms with Crippen molar-refractivity contribution in [1.82, 2.24) is 9.80 Å². The standard InChI is InChI=1S/C10H16N2O8.Tc/c13-7(14)3-11(4-8(15)16)1-2-12(5-9(17)18)6-10(19)20;/h1-6H2,(H,13,14)(H,15,16)(H,17,18)(H,19,20);. The van der Waals surface area contributed by atoms with Crippen LogP contribution >= 0.6 is 0 Å². The van der Waals surface area contributed by atoms with Gasteiger partial charge in [-0.3, -0.25) is 29.0 Å². The Bertz CT molecular complexity index is 321. The molecule has 0 atom stereocenters. The summed E-state index contributed by atoms with van der Waals surface area (Å²) in [6.07, 6.45) is 0. The molecule has 0 aromatic rings. The van der Waals surface area contributed by atoms with E-state index >= 15 is 0 Å². The maximum atomic E-state index is 10.6. The number of carboxylic acid groups (broad SMARTS) is 4. The molecular formula is C10H16N2O8Tc. The van der Waals surface area contributed by atoms with E-state index in [0.29, 0.717) is 0 Å². The van der Waals surface area contributed by atoms with Gasteiger partial charge < -0.3 is 20.4 Å². The van der Waals surface area contributed by atoms with Gasteiger partial charge in [0.25, 0.3) is 0 Å². The summed E-state index contributed by atoms with van der Waals surface area (Å²) in [5.41, 5.74) is 0. The molecule has 0 aliphatic rings. The van der Waals surface area contributed by atoms with E-state index in [1.807, 2.05) is 0 Å². The second-order valence-electron chi connectivity index (χ2n) is 4.00. The zero-order valence-corrected chi connectivity index (χ0v) is 12.8. The molecule has 0 aliphatic carbocycles. The van der Waals surface area contributed by atoms with Crippen LogP contribution in [0.25, 0.3) is 0 Å². The molecule has 10 nitrogen and oxygen atoms in total. The van der Waals surface area contributed by atoms with Gasteiger partial charge in [-0.1, -0.05) is 0 Å². The second-order valence-corrected chi connectivity index (χ2v) is 4.00. The van der Waals surface area contributed by atoms with E-state index in [1.54, 1.807) is 0 Å². The summed E-state index contributed by atoms with van der Waals surface area (Å²) in [7, 11) is 0. The van der Waals surface area contributed by atoms with Gasteiger partial charge in [0.05, 0.1) is 26.2 Å². The maximum Gasteiger partial charge on any atom is 0.317 e. The van der Waals surface area contributed by atoms with Crippen LogP contribution in [0.15, 0.2) is 0 Å². The predicted octanol–water partition coefficient (Wildman–Crippen LogP) is -2.07. The van der Waals surface area contributed by atoms with Crippen LogP contribution in [0, 0.1) is 0 Å². The molecule has 0 fully saturated rings. The van der Waals surface area contributed by atoms with E-state index in [2.05, 4.69) is 0 Å². The fraction of sp³-hybridized carbons (Fsp3) is 0.600. The topological polar surface area (TPSA) is 156 Å². The van der Waals surface area contributed by atoms with Gasteiger partial charge in [0.1, 0.15) is 0 Å². The molecule has 0 saturated carbocycles.